The fourth-order valence-corrected chi connectivity index (χ4v) is 1.79. The number of nitrogens with one attached hydrogen (secondary N) is 2. The van der Waals surface area contributed by atoms with Crippen LogP contribution in [0.15, 0.2) is 0 Å². The number of carbonyl (C=O) groups excluding carboxylic acids is 1. The minimum absolute atomic E-state index is 0.0523. The number of carbonyl (C=O) groups is 1. The van der Waals surface area contributed by atoms with Crippen molar-refractivity contribution in [2.45, 2.75) is 31.4 Å². The first-order valence-electron chi connectivity index (χ1n) is 4.74. The van der Waals surface area contributed by atoms with E-state index in [1.54, 1.807) is 14.2 Å². The maximum absolute atomic E-state index is 11.2. The zero-order valence-corrected chi connectivity index (χ0v) is 8.30. The lowest BCUT2D eigenvalue weighted by Gasteiger charge is -2.19. The van der Waals surface area contributed by atoms with Crippen molar-refractivity contribution in [1.29, 1.82) is 0 Å². The van der Waals surface area contributed by atoms with Gasteiger partial charge in [0, 0.05) is 7.11 Å². The highest BCUT2D eigenvalue weighted by Gasteiger charge is 2.27. The van der Waals surface area contributed by atoms with Gasteiger partial charge in [-0.25, -0.2) is 0 Å². The summed E-state index contributed by atoms with van der Waals surface area (Å²) in [4.78, 5) is 11.2. The van der Waals surface area contributed by atoms with Crippen LogP contribution < -0.4 is 10.6 Å². The van der Waals surface area contributed by atoms with Gasteiger partial charge < -0.3 is 15.4 Å². The monoisotopic (exact) mass is 186 g/mol. The van der Waals surface area contributed by atoms with Gasteiger partial charge in [-0.05, 0) is 26.3 Å². The van der Waals surface area contributed by atoms with Gasteiger partial charge in [-0.3, -0.25) is 4.79 Å². The van der Waals surface area contributed by atoms with Crippen molar-refractivity contribution in [2.75, 3.05) is 20.7 Å². The summed E-state index contributed by atoms with van der Waals surface area (Å²) in [6, 6.07) is 0.214. The minimum Gasteiger partial charge on any atom is -0.379 e. The molecule has 0 spiro atoms. The predicted octanol–water partition coefficient (Wildman–Crippen LogP) is -0.111. The van der Waals surface area contributed by atoms with E-state index in [1.165, 1.54) is 0 Å². The fourth-order valence-electron chi connectivity index (χ4n) is 1.79. The number of amides is 1. The summed E-state index contributed by atoms with van der Waals surface area (Å²) in [6.07, 6.45) is 3.44. The van der Waals surface area contributed by atoms with Crippen molar-refractivity contribution in [3.05, 3.63) is 0 Å². The van der Waals surface area contributed by atoms with E-state index in [1.807, 2.05) is 0 Å². The molecule has 0 bridgehead atoms. The molecular weight excluding hydrogens is 168 g/mol. The Morgan fingerprint density at radius 3 is 2.92 bits per heavy atom. The van der Waals surface area contributed by atoms with Crippen LogP contribution in [0, 0.1) is 0 Å². The molecule has 2 unspecified atom stereocenters. The van der Waals surface area contributed by atoms with Crippen molar-refractivity contribution < 1.29 is 9.53 Å². The summed E-state index contributed by atoms with van der Waals surface area (Å²) in [5, 5.41) is 5.78. The fraction of sp³-hybridized carbons (Fsp3) is 0.889. The van der Waals surface area contributed by atoms with E-state index >= 15 is 0 Å². The molecule has 1 amide bonds. The maximum atomic E-state index is 11.2. The predicted molar refractivity (Wildman–Crippen MR) is 50.5 cm³/mol. The summed E-state index contributed by atoms with van der Waals surface area (Å²) in [5.74, 6) is 0.0523. The zero-order chi connectivity index (χ0) is 9.68. The zero-order valence-electron chi connectivity index (χ0n) is 8.30. The average molecular weight is 186 g/mol. The molecule has 76 valence electrons. The Labute approximate surface area is 79.0 Å². The van der Waals surface area contributed by atoms with Gasteiger partial charge >= 0.3 is 0 Å². The highest BCUT2D eigenvalue weighted by Crippen LogP contribution is 2.21. The standard InChI is InChI=1S/C9H18N2O2/c1-10-6-9(12)11-7-4-3-5-8(7)13-2/h7-8,10H,3-6H2,1-2H3,(H,11,12). The molecule has 1 saturated carbocycles. The van der Waals surface area contributed by atoms with Crippen LogP contribution >= 0.6 is 0 Å². The second-order valence-electron chi connectivity index (χ2n) is 3.41. The molecule has 4 nitrogen and oxygen atoms in total. The van der Waals surface area contributed by atoms with Crippen molar-refractivity contribution >= 4 is 5.91 Å². The first-order chi connectivity index (χ1) is 6.27. The molecule has 4 heteroatoms. The van der Waals surface area contributed by atoms with Crippen molar-refractivity contribution in [3.63, 3.8) is 0 Å². The lowest BCUT2D eigenvalue weighted by molar-refractivity contribution is -0.121. The molecule has 0 heterocycles. The number of hydrogen-bond acceptors (Lipinski definition) is 3. The van der Waals surface area contributed by atoms with Gasteiger partial charge in [0.25, 0.3) is 0 Å². The van der Waals surface area contributed by atoms with E-state index < -0.39 is 0 Å². The molecule has 0 saturated heterocycles. The lowest BCUT2D eigenvalue weighted by Crippen LogP contribution is -2.43. The molecule has 1 aliphatic rings. The van der Waals surface area contributed by atoms with Crippen LogP contribution in [0.2, 0.25) is 0 Å². The molecule has 1 rings (SSSR count). The summed E-state index contributed by atoms with van der Waals surface area (Å²) < 4.78 is 5.27. The van der Waals surface area contributed by atoms with Crippen LogP contribution in [0.5, 0.6) is 0 Å². The molecule has 0 radical (unpaired) electrons. The number of rotatable bonds is 4. The van der Waals surface area contributed by atoms with Crippen LogP contribution in [0.4, 0.5) is 0 Å². The third-order valence-corrected chi connectivity index (χ3v) is 2.44. The topological polar surface area (TPSA) is 50.4 Å². The maximum Gasteiger partial charge on any atom is 0.234 e. The van der Waals surface area contributed by atoms with E-state index in [4.69, 9.17) is 4.74 Å². The van der Waals surface area contributed by atoms with Crippen LogP contribution in [-0.4, -0.2) is 38.8 Å². The third-order valence-electron chi connectivity index (χ3n) is 2.44. The summed E-state index contributed by atoms with van der Waals surface area (Å²) >= 11 is 0. The first kappa shape index (κ1) is 10.5. The molecule has 13 heavy (non-hydrogen) atoms. The summed E-state index contributed by atoms with van der Waals surface area (Å²) in [6.45, 7) is 0.382. The number of hydrogen-bond donors (Lipinski definition) is 2. The minimum atomic E-state index is 0.0523. The largest absolute Gasteiger partial charge is 0.379 e. The third kappa shape index (κ3) is 2.97. The second kappa shape index (κ2) is 5.19. The van der Waals surface area contributed by atoms with Crippen LogP contribution in [0.25, 0.3) is 0 Å². The summed E-state index contributed by atoms with van der Waals surface area (Å²) in [5.41, 5.74) is 0. The molecule has 0 aromatic carbocycles. The van der Waals surface area contributed by atoms with Gasteiger partial charge in [-0.2, -0.15) is 0 Å². The molecule has 1 fully saturated rings. The highest BCUT2D eigenvalue weighted by atomic mass is 16.5. The van der Waals surface area contributed by atoms with E-state index in [0.29, 0.717) is 6.54 Å². The Hall–Kier alpha value is -0.610. The van der Waals surface area contributed by atoms with E-state index in [-0.39, 0.29) is 18.1 Å². The normalized spacial score (nSPS) is 27.5. The van der Waals surface area contributed by atoms with Crippen molar-refractivity contribution in [3.8, 4) is 0 Å². The van der Waals surface area contributed by atoms with Crippen molar-refractivity contribution in [2.24, 2.45) is 0 Å². The Morgan fingerprint density at radius 1 is 1.54 bits per heavy atom. The van der Waals surface area contributed by atoms with Gasteiger partial charge in [-0.15, -0.1) is 0 Å². The van der Waals surface area contributed by atoms with Crippen LogP contribution in [0.3, 0.4) is 0 Å². The molecule has 0 aromatic rings. The SMILES string of the molecule is CNCC(=O)NC1CCCC1OC. The molecule has 0 aromatic heterocycles. The van der Waals surface area contributed by atoms with Gasteiger partial charge in [0.15, 0.2) is 0 Å². The van der Waals surface area contributed by atoms with Crippen molar-refractivity contribution in [1.82, 2.24) is 10.6 Å². The molecule has 0 aliphatic heterocycles. The molecule has 1 aliphatic carbocycles. The van der Waals surface area contributed by atoms with Gasteiger partial charge in [0.05, 0.1) is 18.7 Å². The second-order valence-corrected chi connectivity index (χ2v) is 3.41. The van der Waals surface area contributed by atoms with Crippen LogP contribution in [-0.2, 0) is 9.53 Å². The quantitative estimate of drug-likeness (QED) is 0.644. The Kier molecular flexibility index (Phi) is 4.18. The van der Waals surface area contributed by atoms with Crippen LogP contribution in [0.1, 0.15) is 19.3 Å². The summed E-state index contributed by atoms with van der Waals surface area (Å²) in [7, 11) is 3.47. The molecule has 2 N–H and O–H groups in total. The first-order valence-corrected chi connectivity index (χ1v) is 4.74. The Bertz CT molecular complexity index is 173. The van der Waals surface area contributed by atoms with Gasteiger partial charge in [0.1, 0.15) is 0 Å². The van der Waals surface area contributed by atoms with E-state index in [0.717, 1.165) is 19.3 Å². The number of ether oxygens (including phenoxy) is 1. The number of likely N-dealkylation sites (N-methyl/N-ethyl adjacent to an activating group) is 1. The smallest absolute Gasteiger partial charge is 0.234 e. The highest BCUT2D eigenvalue weighted by molar-refractivity contribution is 5.78. The van der Waals surface area contributed by atoms with E-state index in [9.17, 15) is 4.79 Å². The Balaban J connectivity index is 2.30. The molecule has 2 atom stereocenters. The average Bonchev–Trinajstić information content (AvgIpc) is 2.52. The van der Waals surface area contributed by atoms with Gasteiger partial charge in [-0.1, -0.05) is 0 Å². The lowest BCUT2D eigenvalue weighted by atomic mass is 10.2. The van der Waals surface area contributed by atoms with E-state index in [2.05, 4.69) is 10.6 Å². The van der Waals surface area contributed by atoms with Gasteiger partial charge in [0.2, 0.25) is 5.91 Å². The Morgan fingerprint density at radius 2 is 2.31 bits per heavy atom. The number of methoxy groups -OCH3 is 1. The molecular formula is C9H18N2O2.